The van der Waals surface area contributed by atoms with E-state index in [4.69, 9.17) is 9.15 Å². The summed E-state index contributed by atoms with van der Waals surface area (Å²) in [6, 6.07) is 9.08. The molecule has 2 aromatic carbocycles. The predicted octanol–water partition coefficient (Wildman–Crippen LogP) is 3.77. The molecule has 1 fully saturated rings. The van der Waals surface area contributed by atoms with Crippen molar-refractivity contribution >= 4 is 39.8 Å². The maximum Gasteiger partial charge on any atom is 0.309 e. The highest BCUT2D eigenvalue weighted by molar-refractivity contribution is 7.80. The van der Waals surface area contributed by atoms with Crippen molar-refractivity contribution in [3.8, 4) is 11.3 Å². The van der Waals surface area contributed by atoms with E-state index in [2.05, 4.69) is 5.32 Å². The molecule has 2 N–H and O–H groups in total. The van der Waals surface area contributed by atoms with Crippen molar-refractivity contribution in [2.24, 2.45) is 5.92 Å². The summed E-state index contributed by atoms with van der Waals surface area (Å²) >= 11 is -2.32. The first-order chi connectivity index (χ1) is 17.7. The number of likely N-dealkylation sites (N-methyl/N-ethyl adjacent to an activating group) is 1. The highest BCUT2D eigenvalue weighted by Crippen LogP contribution is 2.42. The van der Waals surface area contributed by atoms with Crippen molar-refractivity contribution < 1.29 is 31.9 Å². The molecule has 3 aromatic rings. The van der Waals surface area contributed by atoms with Crippen LogP contribution < -0.4 is 9.62 Å². The Kier molecular flexibility index (Phi) is 7.96. The van der Waals surface area contributed by atoms with Gasteiger partial charge in [0.2, 0.25) is 0 Å². The topological polar surface area (TPSA) is 112 Å². The van der Waals surface area contributed by atoms with Gasteiger partial charge < -0.3 is 19.4 Å². The van der Waals surface area contributed by atoms with Gasteiger partial charge in [-0.1, -0.05) is 0 Å². The maximum absolute atomic E-state index is 13.6. The van der Waals surface area contributed by atoms with Gasteiger partial charge in [-0.05, 0) is 62.2 Å². The first kappa shape index (κ1) is 26.8. The molecule has 0 saturated carbocycles. The largest absolute Gasteiger partial charge is 0.469 e. The number of halogens is 1. The van der Waals surface area contributed by atoms with Crippen LogP contribution in [0.3, 0.4) is 0 Å². The van der Waals surface area contributed by atoms with Crippen LogP contribution in [0.2, 0.25) is 0 Å². The Hall–Kier alpha value is -3.28. The van der Waals surface area contributed by atoms with Crippen molar-refractivity contribution in [3.05, 3.63) is 53.3 Å². The number of carbonyl (C=O) groups is 2. The number of nitrogens with zero attached hydrogens (tertiary/aromatic N) is 2. The standard InChI is InChI=1S/C26H30FN3O6S/c1-5-30(37(33)34)21-12-22-20(11-19(21)16-10-17(26(32)35-4)14-29(3)13-16)23(25(31)28-2)24(36-22)15-6-8-18(27)9-7-15/h6-9,11-12,16-17H,5,10,13-14H2,1-4H3,(H,28,31)(H,33,34). The summed E-state index contributed by atoms with van der Waals surface area (Å²) in [4.78, 5) is 27.5. The molecule has 0 radical (unpaired) electrons. The molecule has 3 atom stereocenters. The number of piperidine rings is 1. The lowest BCUT2D eigenvalue weighted by Crippen LogP contribution is -2.41. The molecule has 1 aliphatic heterocycles. The van der Waals surface area contributed by atoms with Crippen LogP contribution in [-0.2, 0) is 20.8 Å². The Morgan fingerprint density at radius 1 is 1.27 bits per heavy atom. The molecule has 3 unspecified atom stereocenters. The molecule has 0 aliphatic carbocycles. The van der Waals surface area contributed by atoms with E-state index in [1.165, 1.54) is 42.7 Å². The number of carbonyl (C=O) groups excluding carboxylic acids is 2. The summed E-state index contributed by atoms with van der Waals surface area (Å²) in [6.45, 7) is 3.13. The van der Waals surface area contributed by atoms with Crippen molar-refractivity contribution in [1.29, 1.82) is 0 Å². The number of likely N-dealkylation sites (tertiary alicyclic amines) is 1. The molecule has 0 bridgehead atoms. The van der Waals surface area contributed by atoms with Crippen LogP contribution >= 0.6 is 0 Å². The van der Waals surface area contributed by atoms with Crippen LogP contribution in [-0.4, -0.2) is 66.4 Å². The number of rotatable bonds is 7. The van der Waals surface area contributed by atoms with E-state index < -0.39 is 17.1 Å². The minimum absolute atomic E-state index is 0.193. The van der Waals surface area contributed by atoms with Crippen LogP contribution in [0.5, 0.6) is 0 Å². The Morgan fingerprint density at radius 2 is 1.97 bits per heavy atom. The van der Waals surface area contributed by atoms with Gasteiger partial charge in [0.15, 0.2) is 0 Å². The van der Waals surface area contributed by atoms with E-state index in [-0.39, 0.29) is 41.6 Å². The summed E-state index contributed by atoms with van der Waals surface area (Å²) in [5, 5.41) is 3.16. The molecule has 1 aromatic heterocycles. The second-order valence-electron chi connectivity index (χ2n) is 9.10. The quantitative estimate of drug-likeness (QED) is 0.353. The number of amides is 1. The lowest BCUT2D eigenvalue weighted by molar-refractivity contribution is -0.147. The molecule has 1 saturated heterocycles. The SMILES string of the molecule is CCN(c1cc2oc(-c3ccc(F)cc3)c(C(=O)NC)c2cc1C1CC(C(=O)OC)CN(C)C1)S(=O)O. The minimum Gasteiger partial charge on any atom is -0.469 e. The number of ether oxygens (including phenoxy) is 1. The first-order valence-electron chi connectivity index (χ1n) is 11.9. The second-order valence-corrected chi connectivity index (χ2v) is 10.0. The van der Waals surface area contributed by atoms with Crippen LogP contribution in [0.1, 0.15) is 35.2 Å². The van der Waals surface area contributed by atoms with E-state index in [1.807, 2.05) is 11.9 Å². The number of hydrogen-bond acceptors (Lipinski definition) is 6. The molecule has 1 aliphatic rings. The number of fused-ring (bicyclic) bond motifs is 1. The zero-order valence-corrected chi connectivity index (χ0v) is 21.9. The number of esters is 1. The van der Waals surface area contributed by atoms with Gasteiger partial charge in [-0.3, -0.25) is 18.4 Å². The summed E-state index contributed by atoms with van der Waals surface area (Å²) in [5.41, 5.74) is 2.32. The predicted molar refractivity (Wildman–Crippen MR) is 139 cm³/mol. The Labute approximate surface area is 217 Å². The molecule has 4 rings (SSSR count). The second kappa shape index (κ2) is 11.0. The van der Waals surface area contributed by atoms with Crippen molar-refractivity contribution in [2.75, 3.05) is 45.1 Å². The lowest BCUT2D eigenvalue weighted by atomic mass is 9.83. The average Bonchev–Trinajstić information content (AvgIpc) is 3.25. The Balaban J connectivity index is 1.97. The van der Waals surface area contributed by atoms with Crippen LogP contribution in [0.25, 0.3) is 22.3 Å². The third kappa shape index (κ3) is 5.25. The summed E-state index contributed by atoms with van der Waals surface area (Å²) in [5.74, 6) is -1.42. The van der Waals surface area contributed by atoms with E-state index in [1.54, 1.807) is 19.1 Å². The highest BCUT2D eigenvalue weighted by atomic mass is 32.2. The Bertz CT molecular complexity index is 1340. The monoisotopic (exact) mass is 531 g/mol. The first-order valence-corrected chi connectivity index (χ1v) is 13.0. The molecule has 198 valence electrons. The van der Waals surface area contributed by atoms with Gasteiger partial charge in [-0.15, -0.1) is 0 Å². The van der Waals surface area contributed by atoms with Gasteiger partial charge in [0, 0.05) is 43.7 Å². The zero-order valence-electron chi connectivity index (χ0n) is 21.1. The van der Waals surface area contributed by atoms with Crippen LogP contribution in [0.15, 0.2) is 40.8 Å². The fourth-order valence-electron chi connectivity index (χ4n) is 5.09. The fraction of sp³-hybridized carbons (Fsp3) is 0.385. The zero-order chi connectivity index (χ0) is 26.9. The van der Waals surface area contributed by atoms with E-state index in [0.717, 1.165) is 0 Å². The van der Waals surface area contributed by atoms with Gasteiger partial charge in [0.1, 0.15) is 17.2 Å². The smallest absolute Gasteiger partial charge is 0.309 e. The summed E-state index contributed by atoms with van der Waals surface area (Å²) in [6.07, 6.45) is 0.475. The third-order valence-electron chi connectivity index (χ3n) is 6.75. The number of hydrogen-bond donors (Lipinski definition) is 2. The molecule has 1 amide bonds. The molecule has 2 heterocycles. The number of furan rings is 1. The normalized spacial score (nSPS) is 19.0. The number of methoxy groups -OCH3 is 1. The van der Waals surface area contributed by atoms with E-state index >= 15 is 0 Å². The van der Waals surface area contributed by atoms with E-state index in [0.29, 0.717) is 47.3 Å². The van der Waals surface area contributed by atoms with Crippen molar-refractivity contribution in [2.45, 2.75) is 19.3 Å². The van der Waals surface area contributed by atoms with Crippen molar-refractivity contribution in [1.82, 2.24) is 10.2 Å². The average molecular weight is 532 g/mol. The van der Waals surface area contributed by atoms with Gasteiger partial charge in [0.25, 0.3) is 17.2 Å². The van der Waals surface area contributed by atoms with Gasteiger partial charge in [-0.2, -0.15) is 0 Å². The minimum atomic E-state index is -2.32. The van der Waals surface area contributed by atoms with Gasteiger partial charge in [-0.25, -0.2) is 8.60 Å². The number of nitrogens with one attached hydrogen (secondary N) is 1. The number of benzene rings is 2. The van der Waals surface area contributed by atoms with Crippen LogP contribution in [0.4, 0.5) is 10.1 Å². The van der Waals surface area contributed by atoms with E-state index in [9.17, 15) is 22.7 Å². The van der Waals surface area contributed by atoms with Crippen LogP contribution in [0, 0.1) is 11.7 Å². The lowest BCUT2D eigenvalue weighted by Gasteiger charge is -2.36. The Morgan fingerprint density at radius 3 is 2.57 bits per heavy atom. The summed E-state index contributed by atoms with van der Waals surface area (Å²) < 4.78 is 48.4. The molecule has 0 spiro atoms. The summed E-state index contributed by atoms with van der Waals surface area (Å²) in [7, 11) is 4.77. The molecular formula is C26H30FN3O6S. The molecule has 9 nitrogen and oxygen atoms in total. The van der Waals surface area contributed by atoms with Gasteiger partial charge in [0.05, 0.1) is 24.3 Å². The molecule has 37 heavy (non-hydrogen) atoms. The number of anilines is 1. The van der Waals surface area contributed by atoms with Crippen molar-refractivity contribution in [3.63, 3.8) is 0 Å². The molecule has 11 heteroatoms. The fourth-order valence-corrected chi connectivity index (χ4v) is 5.64. The third-order valence-corrected chi connectivity index (χ3v) is 7.58. The van der Waals surface area contributed by atoms with Gasteiger partial charge >= 0.3 is 5.97 Å². The highest BCUT2D eigenvalue weighted by Gasteiger charge is 2.35. The maximum atomic E-state index is 13.6. The molecular weight excluding hydrogens is 501 g/mol.